The van der Waals surface area contributed by atoms with Crippen molar-refractivity contribution in [1.82, 2.24) is 10.5 Å². The van der Waals surface area contributed by atoms with E-state index in [0.717, 1.165) is 5.56 Å². The average molecular weight is 281 g/mol. The van der Waals surface area contributed by atoms with Gasteiger partial charge in [-0.3, -0.25) is 4.79 Å². The summed E-state index contributed by atoms with van der Waals surface area (Å²) in [7, 11) is 0. The Hall–Kier alpha value is -1.85. The summed E-state index contributed by atoms with van der Waals surface area (Å²) in [6.07, 6.45) is 0. The molecule has 0 saturated carbocycles. The fourth-order valence-corrected chi connectivity index (χ4v) is 1.70. The molecule has 0 saturated heterocycles. The Bertz CT molecular complexity index is 583. The summed E-state index contributed by atoms with van der Waals surface area (Å²) in [6.45, 7) is 1.55. The van der Waals surface area contributed by atoms with Gasteiger partial charge in [0.05, 0.1) is 6.61 Å². The van der Waals surface area contributed by atoms with Gasteiger partial charge in [-0.1, -0.05) is 28.9 Å². The summed E-state index contributed by atoms with van der Waals surface area (Å²) in [6, 6.07) is 8.29. The van der Waals surface area contributed by atoms with E-state index in [1.165, 1.54) is 6.07 Å². The van der Waals surface area contributed by atoms with Crippen LogP contribution in [0, 0.1) is 0 Å². The quantitative estimate of drug-likeness (QED) is 0.899. The Morgan fingerprint density at radius 2 is 2.32 bits per heavy atom. The van der Waals surface area contributed by atoms with E-state index in [1.54, 1.807) is 25.1 Å². The summed E-state index contributed by atoms with van der Waals surface area (Å²) < 4.78 is 4.98. The summed E-state index contributed by atoms with van der Waals surface area (Å²) in [4.78, 5) is 11.7. The molecule has 0 radical (unpaired) electrons. The van der Waals surface area contributed by atoms with Crippen molar-refractivity contribution in [3.63, 3.8) is 0 Å². The normalized spacial score (nSPS) is 12.2. The third-order valence-corrected chi connectivity index (χ3v) is 2.74. The van der Waals surface area contributed by atoms with Crippen molar-refractivity contribution in [1.29, 1.82) is 0 Å². The highest BCUT2D eigenvalue weighted by Crippen LogP contribution is 2.22. The minimum atomic E-state index is -0.415. The van der Waals surface area contributed by atoms with Crippen LogP contribution in [0.5, 0.6) is 0 Å². The fourth-order valence-electron chi connectivity index (χ4n) is 1.51. The van der Waals surface area contributed by atoms with Crippen molar-refractivity contribution in [2.24, 2.45) is 0 Å². The van der Waals surface area contributed by atoms with Crippen LogP contribution >= 0.6 is 11.6 Å². The molecular formula is C13H13ClN2O3. The first kappa shape index (κ1) is 13.6. The maximum Gasteiger partial charge on any atom is 0.290 e. The highest BCUT2D eigenvalue weighted by atomic mass is 35.5. The van der Waals surface area contributed by atoms with Crippen molar-refractivity contribution in [3.8, 4) is 11.3 Å². The van der Waals surface area contributed by atoms with Crippen LogP contribution in [0.25, 0.3) is 11.3 Å². The number of hydrogen-bond acceptors (Lipinski definition) is 4. The van der Waals surface area contributed by atoms with Gasteiger partial charge in [0.15, 0.2) is 0 Å². The lowest BCUT2D eigenvalue weighted by atomic mass is 10.1. The van der Waals surface area contributed by atoms with Gasteiger partial charge in [-0.05, 0) is 19.1 Å². The van der Waals surface area contributed by atoms with Gasteiger partial charge >= 0.3 is 0 Å². The van der Waals surface area contributed by atoms with E-state index in [2.05, 4.69) is 10.5 Å². The summed E-state index contributed by atoms with van der Waals surface area (Å²) in [5.74, 6) is -0.322. The van der Waals surface area contributed by atoms with Gasteiger partial charge in [-0.25, -0.2) is 0 Å². The molecule has 1 heterocycles. The van der Waals surface area contributed by atoms with Crippen LogP contribution in [-0.2, 0) is 0 Å². The molecule has 0 aliphatic carbocycles. The zero-order chi connectivity index (χ0) is 13.8. The first-order valence-corrected chi connectivity index (χ1v) is 6.12. The molecule has 5 nitrogen and oxygen atoms in total. The van der Waals surface area contributed by atoms with E-state index < -0.39 is 5.91 Å². The highest BCUT2D eigenvalue weighted by molar-refractivity contribution is 6.30. The van der Waals surface area contributed by atoms with Crippen LogP contribution in [0.3, 0.4) is 0 Å². The van der Waals surface area contributed by atoms with Gasteiger partial charge in [0, 0.05) is 22.7 Å². The first-order chi connectivity index (χ1) is 9.10. The lowest BCUT2D eigenvalue weighted by molar-refractivity contribution is 0.0885. The van der Waals surface area contributed by atoms with Crippen molar-refractivity contribution < 1.29 is 14.4 Å². The van der Waals surface area contributed by atoms with Gasteiger partial charge in [0.25, 0.3) is 5.91 Å². The molecule has 1 unspecified atom stereocenters. The van der Waals surface area contributed by atoms with E-state index >= 15 is 0 Å². The van der Waals surface area contributed by atoms with Crippen LogP contribution in [0.15, 0.2) is 34.9 Å². The highest BCUT2D eigenvalue weighted by Gasteiger charge is 2.15. The zero-order valence-electron chi connectivity index (χ0n) is 10.3. The maximum absolute atomic E-state index is 11.7. The Labute approximate surface area is 115 Å². The molecular weight excluding hydrogens is 268 g/mol. The predicted octanol–water partition coefficient (Wildman–Crippen LogP) is 2.11. The smallest absolute Gasteiger partial charge is 0.290 e. The number of rotatable bonds is 4. The maximum atomic E-state index is 11.7. The second-order valence-corrected chi connectivity index (χ2v) is 4.58. The number of nitrogens with zero attached hydrogens (tertiary/aromatic N) is 1. The second-order valence-electron chi connectivity index (χ2n) is 4.14. The Morgan fingerprint density at radius 3 is 3.00 bits per heavy atom. The topological polar surface area (TPSA) is 75.4 Å². The zero-order valence-corrected chi connectivity index (χ0v) is 11.0. The molecule has 2 N–H and O–H groups in total. The number of carbonyl (C=O) groups excluding carboxylic acids is 1. The monoisotopic (exact) mass is 280 g/mol. The van der Waals surface area contributed by atoms with Gasteiger partial charge in [0.2, 0.25) is 5.76 Å². The van der Waals surface area contributed by atoms with Gasteiger partial charge < -0.3 is 14.9 Å². The van der Waals surface area contributed by atoms with Gasteiger partial charge in [-0.2, -0.15) is 0 Å². The van der Waals surface area contributed by atoms with Crippen LogP contribution in [0.4, 0.5) is 0 Å². The molecule has 2 aromatic rings. The molecule has 1 amide bonds. The van der Waals surface area contributed by atoms with Gasteiger partial charge in [0.1, 0.15) is 5.69 Å². The fraction of sp³-hybridized carbons (Fsp3) is 0.231. The van der Waals surface area contributed by atoms with E-state index in [9.17, 15) is 4.79 Å². The van der Waals surface area contributed by atoms with Crippen LogP contribution in [0.2, 0.25) is 5.02 Å². The molecule has 0 spiro atoms. The van der Waals surface area contributed by atoms with Crippen molar-refractivity contribution in [3.05, 3.63) is 41.1 Å². The number of aliphatic hydroxyl groups is 1. The number of carbonyl (C=O) groups is 1. The molecule has 1 aromatic heterocycles. The second kappa shape index (κ2) is 5.86. The Balaban J connectivity index is 2.17. The molecule has 0 fully saturated rings. The van der Waals surface area contributed by atoms with Gasteiger partial charge in [-0.15, -0.1) is 0 Å². The third kappa shape index (κ3) is 3.33. The van der Waals surface area contributed by atoms with E-state index in [4.69, 9.17) is 21.2 Å². The first-order valence-electron chi connectivity index (χ1n) is 5.74. The Morgan fingerprint density at radius 1 is 1.53 bits per heavy atom. The minimum absolute atomic E-state index is 0.0928. The molecule has 2 rings (SSSR count). The van der Waals surface area contributed by atoms with Crippen LogP contribution in [0.1, 0.15) is 17.5 Å². The largest absolute Gasteiger partial charge is 0.394 e. The number of nitrogens with one attached hydrogen (secondary N) is 1. The molecule has 19 heavy (non-hydrogen) atoms. The average Bonchev–Trinajstić information content (AvgIpc) is 2.88. The predicted molar refractivity (Wildman–Crippen MR) is 71.0 cm³/mol. The van der Waals surface area contributed by atoms with E-state index in [0.29, 0.717) is 10.7 Å². The molecule has 0 aliphatic heterocycles. The number of aliphatic hydroxyl groups excluding tert-OH is 1. The molecule has 1 atom stereocenters. The number of benzene rings is 1. The lowest BCUT2D eigenvalue weighted by Crippen LogP contribution is -2.34. The molecule has 0 aliphatic rings. The molecule has 100 valence electrons. The summed E-state index contributed by atoms with van der Waals surface area (Å²) >= 11 is 5.89. The SMILES string of the molecule is CC(CO)NC(=O)c1cc(-c2cccc(Cl)c2)no1. The van der Waals surface area contributed by atoms with Crippen LogP contribution < -0.4 is 5.32 Å². The number of halogens is 1. The van der Waals surface area contributed by atoms with Crippen molar-refractivity contribution in [2.75, 3.05) is 6.61 Å². The lowest BCUT2D eigenvalue weighted by Gasteiger charge is -2.07. The standard InChI is InChI=1S/C13H13ClN2O3/c1-8(7-17)15-13(18)12-6-11(16-19-12)9-3-2-4-10(14)5-9/h2-6,8,17H,7H2,1H3,(H,15,18). The van der Waals surface area contributed by atoms with Crippen LogP contribution in [-0.4, -0.2) is 28.8 Å². The third-order valence-electron chi connectivity index (χ3n) is 2.51. The Kier molecular flexibility index (Phi) is 4.19. The number of aromatic nitrogens is 1. The summed E-state index contributed by atoms with van der Waals surface area (Å²) in [5.41, 5.74) is 1.30. The molecule has 0 bridgehead atoms. The van der Waals surface area contributed by atoms with E-state index in [1.807, 2.05) is 6.07 Å². The molecule has 1 aromatic carbocycles. The summed E-state index contributed by atoms with van der Waals surface area (Å²) in [5, 5.41) is 15.9. The molecule has 6 heteroatoms. The number of amides is 1. The van der Waals surface area contributed by atoms with Crippen molar-refractivity contribution >= 4 is 17.5 Å². The van der Waals surface area contributed by atoms with E-state index in [-0.39, 0.29) is 18.4 Å². The van der Waals surface area contributed by atoms with Crippen molar-refractivity contribution in [2.45, 2.75) is 13.0 Å². The number of hydrogen-bond donors (Lipinski definition) is 2. The minimum Gasteiger partial charge on any atom is -0.394 e.